The minimum atomic E-state index is -3.86. The standard InChI is InChI=1S/C24H24FNO3S/c1-26-12-10-18-15-23(27)24(16-19(18)11-13-26)30(28,29)21-8-6-17(7-9-21)14-20-4-2-3-5-22(20)25/h2-9,15-16,27H,10-14H2,1H3. The van der Waals surface area contributed by atoms with Crippen molar-refractivity contribution in [2.24, 2.45) is 0 Å². The van der Waals surface area contributed by atoms with E-state index < -0.39 is 9.84 Å². The van der Waals surface area contributed by atoms with Gasteiger partial charge in [0.2, 0.25) is 9.84 Å². The predicted molar refractivity (Wildman–Crippen MR) is 114 cm³/mol. The van der Waals surface area contributed by atoms with Crippen LogP contribution in [-0.2, 0) is 29.1 Å². The van der Waals surface area contributed by atoms with Gasteiger partial charge in [-0.3, -0.25) is 0 Å². The second-order valence-corrected chi connectivity index (χ2v) is 9.73. The van der Waals surface area contributed by atoms with Gasteiger partial charge in [0, 0.05) is 19.5 Å². The molecule has 1 N–H and O–H groups in total. The summed E-state index contributed by atoms with van der Waals surface area (Å²) in [5.41, 5.74) is 3.33. The number of phenols is 1. The summed E-state index contributed by atoms with van der Waals surface area (Å²) in [5, 5.41) is 10.5. The normalized spacial score (nSPS) is 14.9. The van der Waals surface area contributed by atoms with Crippen LogP contribution in [0.15, 0.2) is 70.5 Å². The number of rotatable bonds is 4. The van der Waals surface area contributed by atoms with E-state index >= 15 is 0 Å². The van der Waals surface area contributed by atoms with Gasteiger partial charge >= 0.3 is 0 Å². The van der Waals surface area contributed by atoms with Crippen LogP contribution in [0, 0.1) is 5.82 Å². The fourth-order valence-corrected chi connectivity index (χ4v) is 5.22. The Morgan fingerprint density at radius 1 is 0.967 bits per heavy atom. The summed E-state index contributed by atoms with van der Waals surface area (Å²) in [6, 6.07) is 16.2. The molecule has 0 saturated heterocycles. The molecule has 30 heavy (non-hydrogen) atoms. The summed E-state index contributed by atoms with van der Waals surface area (Å²) in [7, 11) is -1.83. The summed E-state index contributed by atoms with van der Waals surface area (Å²) >= 11 is 0. The third-order valence-electron chi connectivity index (χ3n) is 5.68. The lowest BCUT2D eigenvalue weighted by Gasteiger charge is -2.12. The van der Waals surface area contributed by atoms with Crippen LogP contribution in [-0.4, -0.2) is 38.6 Å². The van der Waals surface area contributed by atoms with E-state index in [0.29, 0.717) is 12.0 Å². The number of aromatic hydroxyl groups is 1. The molecule has 0 radical (unpaired) electrons. The molecule has 0 aliphatic carbocycles. The molecule has 6 heteroatoms. The quantitative estimate of drug-likeness (QED) is 0.687. The van der Waals surface area contributed by atoms with Crippen LogP contribution in [0.25, 0.3) is 0 Å². The van der Waals surface area contributed by atoms with E-state index in [4.69, 9.17) is 0 Å². The van der Waals surface area contributed by atoms with Gasteiger partial charge in [-0.05, 0) is 72.5 Å². The highest BCUT2D eigenvalue weighted by atomic mass is 32.2. The van der Waals surface area contributed by atoms with Crippen molar-refractivity contribution in [3.63, 3.8) is 0 Å². The molecular formula is C24H24FNO3S. The first-order valence-corrected chi connectivity index (χ1v) is 11.4. The van der Waals surface area contributed by atoms with Gasteiger partial charge in [-0.25, -0.2) is 12.8 Å². The molecule has 0 amide bonds. The molecule has 1 heterocycles. The number of hydrogen-bond acceptors (Lipinski definition) is 4. The zero-order valence-electron chi connectivity index (χ0n) is 16.8. The molecule has 0 saturated carbocycles. The summed E-state index contributed by atoms with van der Waals surface area (Å²) in [6.45, 7) is 1.73. The molecule has 0 bridgehead atoms. The van der Waals surface area contributed by atoms with Crippen LogP contribution in [0.5, 0.6) is 5.75 Å². The lowest BCUT2D eigenvalue weighted by molar-refractivity contribution is 0.352. The maximum absolute atomic E-state index is 13.9. The highest BCUT2D eigenvalue weighted by Crippen LogP contribution is 2.33. The van der Waals surface area contributed by atoms with Crippen molar-refractivity contribution in [3.8, 4) is 5.75 Å². The molecule has 1 aliphatic heterocycles. The van der Waals surface area contributed by atoms with Gasteiger partial charge in [0.1, 0.15) is 16.5 Å². The molecule has 0 atom stereocenters. The largest absolute Gasteiger partial charge is 0.507 e. The lowest BCUT2D eigenvalue weighted by Crippen LogP contribution is -2.20. The molecule has 0 unspecified atom stereocenters. The van der Waals surface area contributed by atoms with E-state index in [1.54, 1.807) is 42.5 Å². The fraction of sp³-hybridized carbons (Fsp3) is 0.250. The second-order valence-electron chi connectivity index (χ2n) is 7.81. The van der Waals surface area contributed by atoms with E-state index in [9.17, 15) is 17.9 Å². The highest BCUT2D eigenvalue weighted by Gasteiger charge is 2.24. The van der Waals surface area contributed by atoms with Crippen molar-refractivity contribution in [1.82, 2.24) is 4.90 Å². The molecule has 4 nitrogen and oxygen atoms in total. The Morgan fingerprint density at radius 2 is 1.60 bits per heavy atom. The maximum atomic E-state index is 13.9. The number of nitrogens with zero attached hydrogens (tertiary/aromatic N) is 1. The molecule has 0 fully saturated rings. The van der Waals surface area contributed by atoms with Crippen molar-refractivity contribution in [1.29, 1.82) is 0 Å². The Kier molecular flexibility index (Phi) is 5.62. The molecule has 3 aromatic rings. The van der Waals surface area contributed by atoms with Crippen LogP contribution in [0.4, 0.5) is 4.39 Å². The fourth-order valence-electron chi connectivity index (χ4n) is 3.84. The number of hydrogen-bond donors (Lipinski definition) is 1. The van der Waals surface area contributed by atoms with E-state index in [1.807, 2.05) is 7.05 Å². The van der Waals surface area contributed by atoms with Crippen molar-refractivity contribution in [2.45, 2.75) is 29.1 Å². The van der Waals surface area contributed by atoms with Gasteiger partial charge in [0.05, 0.1) is 4.90 Å². The Labute approximate surface area is 176 Å². The number of benzene rings is 3. The molecular weight excluding hydrogens is 401 g/mol. The summed E-state index contributed by atoms with van der Waals surface area (Å²) in [6.07, 6.45) is 1.91. The van der Waals surface area contributed by atoms with Gasteiger partial charge in [0.15, 0.2) is 0 Å². The Bertz CT molecular complexity index is 1170. The minimum Gasteiger partial charge on any atom is -0.507 e. The first-order valence-electron chi connectivity index (χ1n) is 9.95. The summed E-state index contributed by atoms with van der Waals surface area (Å²) < 4.78 is 40.2. The average Bonchev–Trinajstić information content (AvgIpc) is 2.91. The highest BCUT2D eigenvalue weighted by molar-refractivity contribution is 7.91. The van der Waals surface area contributed by atoms with Crippen molar-refractivity contribution in [3.05, 3.63) is 88.7 Å². The SMILES string of the molecule is CN1CCc2cc(O)c(S(=O)(=O)c3ccc(Cc4ccccc4F)cc3)cc2CC1. The van der Waals surface area contributed by atoms with Gasteiger partial charge in [0.25, 0.3) is 0 Å². The molecule has 156 valence electrons. The van der Waals surface area contributed by atoms with Gasteiger partial charge in [-0.1, -0.05) is 30.3 Å². The van der Waals surface area contributed by atoms with E-state index in [-0.39, 0.29) is 21.4 Å². The Morgan fingerprint density at radius 3 is 2.27 bits per heavy atom. The molecule has 0 aromatic heterocycles. The summed E-state index contributed by atoms with van der Waals surface area (Å²) in [5.74, 6) is -0.497. The molecule has 0 spiro atoms. The number of likely N-dealkylation sites (N-methyl/N-ethyl adjacent to an activating group) is 1. The van der Waals surface area contributed by atoms with E-state index in [0.717, 1.165) is 42.6 Å². The van der Waals surface area contributed by atoms with Crippen molar-refractivity contribution >= 4 is 9.84 Å². The van der Waals surface area contributed by atoms with Gasteiger partial charge in [-0.15, -0.1) is 0 Å². The van der Waals surface area contributed by atoms with Crippen LogP contribution in [0.2, 0.25) is 0 Å². The zero-order chi connectivity index (χ0) is 21.3. The second kappa shape index (κ2) is 8.20. The first-order chi connectivity index (χ1) is 14.3. The predicted octanol–water partition coefficient (Wildman–Crippen LogP) is 3.99. The topological polar surface area (TPSA) is 57.6 Å². The third-order valence-corrected chi connectivity index (χ3v) is 7.48. The monoisotopic (exact) mass is 425 g/mol. The van der Waals surface area contributed by atoms with E-state index in [1.165, 1.54) is 18.2 Å². The third kappa shape index (κ3) is 4.11. The summed E-state index contributed by atoms with van der Waals surface area (Å²) in [4.78, 5) is 2.24. The minimum absolute atomic E-state index is 0.0624. The first kappa shape index (κ1) is 20.6. The zero-order valence-corrected chi connectivity index (χ0v) is 17.6. The Balaban J connectivity index is 1.63. The van der Waals surface area contributed by atoms with E-state index in [2.05, 4.69) is 4.90 Å². The molecule has 4 rings (SSSR count). The van der Waals surface area contributed by atoms with Crippen LogP contribution < -0.4 is 0 Å². The number of fused-ring (bicyclic) bond motifs is 1. The lowest BCUT2D eigenvalue weighted by atomic mass is 10.0. The van der Waals surface area contributed by atoms with Crippen molar-refractivity contribution in [2.75, 3.05) is 20.1 Å². The van der Waals surface area contributed by atoms with Gasteiger partial charge < -0.3 is 10.0 Å². The van der Waals surface area contributed by atoms with Crippen LogP contribution in [0.3, 0.4) is 0 Å². The maximum Gasteiger partial charge on any atom is 0.210 e. The smallest absolute Gasteiger partial charge is 0.210 e. The Hall–Kier alpha value is -2.70. The van der Waals surface area contributed by atoms with Gasteiger partial charge in [-0.2, -0.15) is 0 Å². The molecule has 1 aliphatic rings. The average molecular weight is 426 g/mol. The number of sulfone groups is 1. The van der Waals surface area contributed by atoms with Crippen molar-refractivity contribution < 1.29 is 17.9 Å². The number of phenolic OH excluding ortho intramolecular Hbond substituents is 1. The van der Waals surface area contributed by atoms with Crippen LogP contribution >= 0.6 is 0 Å². The molecule has 3 aromatic carbocycles. The number of halogens is 1. The van der Waals surface area contributed by atoms with Crippen LogP contribution in [0.1, 0.15) is 22.3 Å².